The lowest BCUT2D eigenvalue weighted by atomic mass is 9.93. The predicted molar refractivity (Wildman–Crippen MR) is 131 cm³/mol. The van der Waals surface area contributed by atoms with Gasteiger partial charge in [0.2, 0.25) is 0 Å². The summed E-state index contributed by atoms with van der Waals surface area (Å²) in [5.41, 5.74) is 8.54. The van der Waals surface area contributed by atoms with Crippen LogP contribution in [0.1, 0.15) is 53.3 Å². The maximum atomic E-state index is 15.0. The molecule has 8 heteroatoms. The lowest BCUT2D eigenvalue weighted by molar-refractivity contribution is -0.126. The summed E-state index contributed by atoms with van der Waals surface area (Å²) in [6, 6.07) is 12.5. The van der Waals surface area contributed by atoms with E-state index in [2.05, 4.69) is 10.3 Å². The van der Waals surface area contributed by atoms with E-state index in [1.54, 1.807) is 43.5 Å². The Morgan fingerprint density at radius 1 is 1.26 bits per heavy atom. The number of nitrogen functional groups attached to an aromatic ring is 1. The quantitative estimate of drug-likeness (QED) is 0.539. The van der Waals surface area contributed by atoms with Gasteiger partial charge < -0.3 is 11.1 Å². The van der Waals surface area contributed by atoms with E-state index in [0.29, 0.717) is 28.1 Å². The van der Waals surface area contributed by atoms with Crippen molar-refractivity contribution < 1.29 is 14.0 Å². The van der Waals surface area contributed by atoms with E-state index in [-0.39, 0.29) is 23.2 Å². The van der Waals surface area contributed by atoms with Crippen LogP contribution in [0.25, 0.3) is 11.1 Å². The maximum absolute atomic E-state index is 15.0. The van der Waals surface area contributed by atoms with Crippen molar-refractivity contribution >= 4 is 29.1 Å². The molecule has 2 aromatic carbocycles. The van der Waals surface area contributed by atoms with Crippen molar-refractivity contribution in [3.8, 4) is 11.1 Å². The average Bonchev–Trinajstić information content (AvgIpc) is 2.79. The molecule has 0 unspecified atom stereocenters. The number of nitrogens with zero attached hydrogens (tertiary/aromatic N) is 2. The number of aromatic nitrogens is 1. The standard InChI is InChI=1S/C26H26ClFN4O2/c1-15(16-5-3-6-19(27)11-16)31-26(34)20-9-8-17(13-22(20)28)21-12-18(14-30-25(21)29)24-23(33)7-4-10-32(24)2/h3,5-6,8-9,11-15,24H,4,7,10H2,1-2H3,(H2,29,30)(H,31,34)/t15-,24+/m1/s1. The normalized spacial score (nSPS) is 17.4. The third-order valence-corrected chi connectivity index (χ3v) is 6.39. The summed E-state index contributed by atoms with van der Waals surface area (Å²) in [4.78, 5) is 31.5. The number of piperidine rings is 1. The van der Waals surface area contributed by atoms with Crippen LogP contribution in [0.15, 0.2) is 54.7 Å². The third kappa shape index (κ3) is 4.95. The molecule has 3 N–H and O–H groups in total. The second-order valence-electron chi connectivity index (χ2n) is 8.60. The van der Waals surface area contributed by atoms with Crippen LogP contribution in [-0.2, 0) is 4.79 Å². The van der Waals surface area contributed by atoms with Gasteiger partial charge in [-0.15, -0.1) is 0 Å². The molecular weight excluding hydrogens is 455 g/mol. The Labute approximate surface area is 202 Å². The van der Waals surface area contributed by atoms with Crippen molar-refractivity contribution in [2.75, 3.05) is 19.3 Å². The molecule has 0 saturated carbocycles. The van der Waals surface area contributed by atoms with Crippen LogP contribution in [-0.4, -0.2) is 35.2 Å². The molecule has 2 heterocycles. The van der Waals surface area contributed by atoms with Crippen LogP contribution >= 0.6 is 11.6 Å². The third-order valence-electron chi connectivity index (χ3n) is 6.16. The molecule has 6 nitrogen and oxygen atoms in total. The van der Waals surface area contributed by atoms with Crippen molar-refractivity contribution in [1.29, 1.82) is 0 Å². The number of rotatable bonds is 5. The molecule has 0 bridgehead atoms. The number of amides is 1. The number of nitrogens with one attached hydrogen (secondary N) is 1. The fraction of sp³-hybridized carbons (Fsp3) is 0.269. The Bertz CT molecular complexity index is 1250. The number of hydrogen-bond acceptors (Lipinski definition) is 5. The number of Topliss-reactive ketones (excluding diaryl/α,β-unsaturated/α-hetero) is 1. The lowest BCUT2D eigenvalue weighted by Gasteiger charge is -2.31. The zero-order valence-corrected chi connectivity index (χ0v) is 19.8. The Morgan fingerprint density at radius 3 is 2.76 bits per heavy atom. The van der Waals surface area contributed by atoms with E-state index in [4.69, 9.17) is 17.3 Å². The molecule has 1 fully saturated rings. The van der Waals surface area contributed by atoms with E-state index >= 15 is 4.39 Å². The fourth-order valence-corrected chi connectivity index (χ4v) is 4.53. The van der Waals surface area contributed by atoms with Gasteiger partial charge in [0.25, 0.3) is 5.91 Å². The Kier molecular flexibility index (Phi) is 6.95. The molecule has 1 amide bonds. The minimum Gasteiger partial charge on any atom is -0.383 e. The summed E-state index contributed by atoms with van der Waals surface area (Å²) < 4.78 is 15.0. The van der Waals surface area contributed by atoms with Crippen LogP contribution in [0.4, 0.5) is 10.2 Å². The molecule has 1 aliphatic heterocycles. The number of carbonyl (C=O) groups is 2. The summed E-state index contributed by atoms with van der Waals surface area (Å²) in [6.07, 6.45) is 2.94. The minimum atomic E-state index is -0.677. The molecule has 1 aliphatic rings. The molecule has 0 radical (unpaired) electrons. The first kappa shape index (κ1) is 23.9. The van der Waals surface area contributed by atoms with Gasteiger partial charge in [0, 0.05) is 23.2 Å². The van der Waals surface area contributed by atoms with Crippen molar-refractivity contribution in [2.45, 2.75) is 31.8 Å². The van der Waals surface area contributed by atoms with Crippen molar-refractivity contribution in [3.63, 3.8) is 0 Å². The summed E-state index contributed by atoms with van der Waals surface area (Å²) in [7, 11) is 1.90. The Hall–Kier alpha value is -3.29. The molecule has 1 saturated heterocycles. The number of anilines is 1. The number of hydrogen-bond donors (Lipinski definition) is 2. The van der Waals surface area contributed by atoms with E-state index in [0.717, 1.165) is 18.5 Å². The second kappa shape index (κ2) is 9.91. The van der Waals surface area contributed by atoms with Gasteiger partial charge in [-0.05, 0) is 74.0 Å². The maximum Gasteiger partial charge on any atom is 0.254 e. The minimum absolute atomic E-state index is 0.0810. The number of benzene rings is 2. The van der Waals surface area contributed by atoms with Gasteiger partial charge in [0.05, 0.1) is 17.6 Å². The van der Waals surface area contributed by atoms with E-state index < -0.39 is 17.8 Å². The van der Waals surface area contributed by atoms with Crippen molar-refractivity contribution in [2.24, 2.45) is 0 Å². The van der Waals surface area contributed by atoms with E-state index in [9.17, 15) is 9.59 Å². The van der Waals surface area contributed by atoms with Gasteiger partial charge in [-0.25, -0.2) is 9.37 Å². The number of likely N-dealkylation sites (tertiary alicyclic amines) is 1. The predicted octanol–water partition coefficient (Wildman–Crippen LogP) is 4.95. The van der Waals surface area contributed by atoms with Crippen LogP contribution in [0.2, 0.25) is 5.02 Å². The summed E-state index contributed by atoms with van der Waals surface area (Å²) in [5.74, 6) is -0.867. The first-order valence-corrected chi connectivity index (χ1v) is 11.5. The molecule has 34 heavy (non-hydrogen) atoms. The molecule has 3 aromatic rings. The molecule has 0 spiro atoms. The Morgan fingerprint density at radius 2 is 2.06 bits per heavy atom. The second-order valence-corrected chi connectivity index (χ2v) is 9.04. The molecule has 1 aromatic heterocycles. The van der Waals surface area contributed by atoms with E-state index in [1.807, 2.05) is 18.0 Å². The highest BCUT2D eigenvalue weighted by Crippen LogP contribution is 2.32. The van der Waals surface area contributed by atoms with Gasteiger partial charge in [-0.1, -0.05) is 29.8 Å². The molecule has 0 aliphatic carbocycles. The van der Waals surface area contributed by atoms with Crippen LogP contribution in [0.5, 0.6) is 0 Å². The largest absolute Gasteiger partial charge is 0.383 e. The fourth-order valence-electron chi connectivity index (χ4n) is 4.33. The van der Waals surface area contributed by atoms with Crippen LogP contribution in [0, 0.1) is 5.82 Å². The SMILES string of the molecule is C[C@@H](NC(=O)c1ccc(-c2cc([C@H]3C(=O)CCCN3C)cnc2N)cc1F)c1cccc(Cl)c1. The highest BCUT2D eigenvalue weighted by Gasteiger charge is 2.29. The number of ketones is 1. The number of carbonyl (C=O) groups excluding carboxylic acids is 2. The molecule has 2 atom stereocenters. The number of nitrogens with two attached hydrogens (primary N) is 1. The zero-order valence-electron chi connectivity index (χ0n) is 19.0. The number of likely N-dealkylation sites (N-methyl/N-ethyl adjacent to an activating group) is 1. The zero-order chi connectivity index (χ0) is 24.4. The summed E-state index contributed by atoms with van der Waals surface area (Å²) >= 11 is 6.02. The molecule has 176 valence electrons. The van der Waals surface area contributed by atoms with Gasteiger partial charge in [0.15, 0.2) is 5.78 Å². The van der Waals surface area contributed by atoms with Crippen molar-refractivity contribution in [1.82, 2.24) is 15.2 Å². The molecular formula is C26H26ClFN4O2. The first-order valence-electron chi connectivity index (χ1n) is 11.1. The summed E-state index contributed by atoms with van der Waals surface area (Å²) in [6.45, 7) is 2.61. The highest BCUT2D eigenvalue weighted by molar-refractivity contribution is 6.30. The lowest BCUT2D eigenvalue weighted by Crippen LogP contribution is -2.36. The number of pyridine rings is 1. The average molecular weight is 481 g/mol. The van der Waals surface area contributed by atoms with Crippen LogP contribution in [0.3, 0.4) is 0 Å². The number of halogens is 2. The van der Waals surface area contributed by atoms with E-state index in [1.165, 1.54) is 12.1 Å². The Balaban J connectivity index is 1.58. The van der Waals surface area contributed by atoms with Crippen LogP contribution < -0.4 is 11.1 Å². The summed E-state index contributed by atoms with van der Waals surface area (Å²) in [5, 5.41) is 3.35. The smallest absolute Gasteiger partial charge is 0.254 e. The monoisotopic (exact) mass is 480 g/mol. The van der Waals surface area contributed by atoms with Gasteiger partial charge in [-0.3, -0.25) is 14.5 Å². The topological polar surface area (TPSA) is 88.3 Å². The van der Waals surface area contributed by atoms with Gasteiger partial charge in [0.1, 0.15) is 11.6 Å². The molecule has 4 rings (SSSR count). The van der Waals surface area contributed by atoms with Gasteiger partial charge >= 0.3 is 0 Å². The highest BCUT2D eigenvalue weighted by atomic mass is 35.5. The first-order chi connectivity index (χ1) is 16.2. The van der Waals surface area contributed by atoms with Gasteiger partial charge in [-0.2, -0.15) is 0 Å². The van der Waals surface area contributed by atoms with Crippen molar-refractivity contribution in [3.05, 3.63) is 82.3 Å².